The van der Waals surface area contributed by atoms with Crippen molar-refractivity contribution in [2.45, 2.75) is 0 Å². The van der Waals surface area contributed by atoms with Crippen LogP contribution in [0.4, 0.5) is 0 Å². The maximum atomic E-state index is 3.04. The summed E-state index contributed by atoms with van der Waals surface area (Å²) in [6, 6.07) is 0. The normalized spacial score (nSPS) is 25.3. The Morgan fingerprint density at radius 3 is 3.17 bits per heavy atom. The van der Waals surface area contributed by atoms with Gasteiger partial charge in [-0.2, -0.15) is 0 Å². The average molecular weight is 100 g/mol. The van der Waals surface area contributed by atoms with Gasteiger partial charge in [0.05, 0.1) is 5.88 Å². The minimum atomic E-state index is 1.11. The first-order chi connectivity index (χ1) is 2.97. The lowest BCUT2D eigenvalue weighted by Crippen LogP contribution is -1.93. The van der Waals surface area contributed by atoms with Gasteiger partial charge in [-0.3, -0.25) is 10.4 Å². The first-order valence-electron chi connectivity index (χ1n) is 1.83. The van der Waals surface area contributed by atoms with Gasteiger partial charge >= 0.3 is 0 Å². The second kappa shape index (κ2) is 0.680. The highest BCUT2D eigenvalue weighted by atomic mass is 32.2. The number of nitrogens with zero attached hydrogens (tertiary/aromatic N) is 1. The fourth-order valence-corrected chi connectivity index (χ4v) is 1.26. The van der Waals surface area contributed by atoms with Crippen LogP contribution in [0.1, 0.15) is 0 Å². The molecule has 1 N–H and O–H groups in total. The van der Waals surface area contributed by atoms with Gasteiger partial charge in [0.2, 0.25) is 0 Å². The molecule has 0 radical (unpaired) electrons. The van der Waals surface area contributed by atoms with Crippen LogP contribution in [0.3, 0.4) is 0 Å². The summed E-state index contributed by atoms with van der Waals surface area (Å²) in [6.45, 7) is 0. The Hall–Kier alpha value is -0.310. The Bertz CT molecular complexity index is 109. The molecule has 1 fully saturated rings. The highest BCUT2D eigenvalue weighted by Crippen LogP contribution is 2.28. The first-order valence-corrected chi connectivity index (χ1v) is 2.88. The molecule has 0 spiro atoms. The number of rotatable bonds is 0. The Morgan fingerprint density at radius 2 is 3.00 bits per heavy atom. The Balaban J connectivity index is 2.35. The van der Waals surface area contributed by atoms with Crippen LogP contribution in [0.5, 0.6) is 0 Å². The topological polar surface area (TPSA) is 25.0 Å². The molecular weight excluding hydrogens is 96.1 g/mol. The lowest BCUT2D eigenvalue weighted by molar-refractivity contribution is 0.630. The highest BCUT2D eigenvalue weighted by Gasteiger charge is 2.27. The van der Waals surface area contributed by atoms with Crippen molar-refractivity contribution in [1.82, 2.24) is 10.4 Å². The van der Waals surface area contributed by atoms with E-state index in [4.69, 9.17) is 0 Å². The predicted molar refractivity (Wildman–Crippen MR) is 25.5 cm³/mol. The molecule has 2 aliphatic rings. The molecule has 0 aliphatic carbocycles. The van der Waals surface area contributed by atoms with Crippen LogP contribution in [0, 0.1) is 0 Å². The number of hydrazine groups is 1. The Kier molecular flexibility index (Phi) is 0.317. The summed E-state index contributed by atoms with van der Waals surface area (Å²) in [5.41, 5.74) is 3.04. The van der Waals surface area contributed by atoms with E-state index in [1.807, 2.05) is 11.8 Å². The molecule has 0 unspecified atom stereocenters. The summed E-state index contributed by atoms with van der Waals surface area (Å²) >= 11 is 1.83. The van der Waals surface area contributed by atoms with Crippen molar-refractivity contribution < 1.29 is 0 Å². The molecular formula is C3H4N2S. The van der Waals surface area contributed by atoms with Crippen molar-refractivity contribution in [3.63, 3.8) is 0 Å². The monoisotopic (exact) mass is 100 g/mol. The Morgan fingerprint density at radius 1 is 2.00 bits per heavy atom. The van der Waals surface area contributed by atoms with Gasteiger partial charge in [0.25, 0.3) is 0 Å². The van der Waals surface area contributed by atoms with Crippen LogP contribution in [-0.2, 0) is 0 Å². The molecule has 0 aromatic carbocycles. The molecule has 0 amide bonds. The van der Waals surface area contributed by atoms with E-state index in [-0.39, 0.29) is 0 Å². The zero-order valence-electron chi connectivity index (χ0n) is 3.14. The van der Waals surface area contributed by atoms with E-state index >= 15 is 0 Å². The zero-order valence-corrected chi connectivity index (χ0v) is 3.96. The zero-order chi connectivity index (χ0) is 3.98. The van der Waals surface area contributed by atoms with Gasteiger partial charge in [0.15, 0.2) is 0 Å². The summed E-state index contributed by atoms with van der Waals surface area (Å²) in [4.78, 5) is 0. The van der Waals surface area contributed by atoms with Crippen LogP contribution in [0.15, 0.2) is 11.2 Å². The van der Waals surface area contributed by atoms with Crippen LogP contribution in [-0.4, -0.2) is 10.9 Å². The molecule has 2 aliphatic heterocycles. The number of hydrogen-bond acceptors (Lipinski definition) is 3. The predicted octanol–water partition coefficient (Wildman–Crippen LogP) is 0.310. The molecule has 2 nitrogen and oxygen atoms in total. The number of hydrogen-bond donors (Lipinski definition) is 1. The van der Waals surface area contributed by atoms with Crippen LogP contribution in [0.2, 0.25) is 0 Å². The molecule has 0 aromatic heterocycles. The van der Waals surface area contributed by atoms with Crippen molar-refractivity contribution in [2.75, 3.05) is 5.88 Å². The van der Waals surface area contributed by atoms with Crippen molar-refractivity contribution in [2.24, 2.45) is 0 Å². The third-order valence-corrected chi connectivity index (χ3v) is 1.69. The molecule has 0 atom stereocenters. The van der Waals surface area contributed by atoms with E-state index in [1.165, 1.54) is 5.82 Å². The summed E-state index contributed by atoms with van der Waals surface area (Å²) in [7, 11) is 0. The fourth-order valence-electron chi connectivity index (χ4n) is 0.496. The summed E-state index contributed by atoms with van der Waals surface area (Å²) in [5, 5.41) is 4.23. The van der Waals surface area contributed by atoms with Crippen molar-refractivity contribution in [3.05, 3.63) is 11.2 Å². The van der Waals surface area contributed by atoms with Gasteiger partial charge in [-0.1, -0.05) is 0 Å². The van der Waals surface area contributed by atoms with Crippen LogP contribution >= 0.6 is 11.8 Å². The molecule has 6 heavy (non-hydrogen) atoms. The van der Waals surface area contributed by atoms with E-state index in [2.05, 4.69) is 15.8 Å². The largest absolute Gasteiger partial charge is 0.279 e. The van der Waals surface area contributed by atoms with Crippen LogP contribution in [0.25, 0.3) is 0 Å². The second-order valence-electron chi connectivity index (χ2n) is 1.34. The van der Waals surface area contributed by atoms with Gasteiger partial charge in [-0.25, -0.2) is 0 Å². The minimum Gasteiger partial charge on any atom is -0.279 e. The molecule has 0 bridgehead atoms. The third kappa shape index (κ3) is 0.195. The van der Waals surface area contributed by atoms with Gasteiger partial charge in [-0.05, 0) is 0 Å². The number of nitrogens with one attached hydrogen (secondary N) is 1. The van der Waals surface area contributed by atoms with Crippen molar-refractivity contribution in [3.8, 4) is 0 Å². The Labute approximate surface area is 40.2 Å². The van der Waals surface area contributed by atoms with E-state index in [0.29, 0.717) is 0 Å². The van der Waals surface area contributed by atoms with E-state index in [1.54, 1.807) is 0 Å². The van der Waals surface area contributed by atoms with E-state index < -0.39 is 0 Å². The highest BCUT2D eigenvalue weighted by molar-refractivity contribution is 8.02. The number of fused-ring (bicyclic) bond motifs is 1. The van der Waals surface area contributed by atoms with E-state index in [9.17, 15) is 0 Å². The van der Waals surface area contributed by atoms with Crippen molar-refractivity contribution in [1.29, 1.82) is 0 Å². The SMILES string of the molecule is C1=C2NN2CS1. The molecule has 32 valence electrons. The van der Waals surface area contributed by atoms with Gasteiger partial charge in [0, 0.05) is 5.41 Å². The molecule has 3 heteroatoms. The summed E-state index contributed by atoms with van der Waals surface area (Å²) in [5.74, 6) is 2.40. The molecule has 1 saturated heterocycles. The van der Waals surface area contributed by atoms with E-state index in [0.717, 1.165) is 5.88 Å². The standard InChI is InChI=1S/C3H4N2S/c1-3-4-5(3)2-6-1/h1,4H,2H2. The quantitative estimate of drug-likeness (QED) is 0.443. The lowest BCUT2D eigenvalue weighted by Gasteiger charge is -1.83. The lowest BCUT2D eigenvalue weighted by atomic mass is 11.0. The molecule has 0 aromatic rings. The summed E-state index contributed by atoms with van der Waals surface area (Å²) in [6.07, 6.45) is 0. The maximum absolute atomic E-state index is 3.04. The average Bonchev–Trinajstić information content (AvgIpc) is 2.17. The minimum absolute atomic E-state index is 1.11. The second-order valence-corrected chi connectivity index (χ2v) is 2.17. The molecule has 2 rings (SSSR count). The van der Waals surface area contributed by atoms with Gasteiger partial charge < -0.3 is 0 Å². The number of thioether (sulfide) groups is 1. The summed E-state index contributed by atoms with van der Waals surface area (Å²) < 4.78 is 0. The van der Waals surface area contributed by atoms with Crippen LogP contribution < -0.4 is 5.43 Å². The molecule has 2 heterocycles. The first kappa shape index (κ1) is 2.80. The maximum Gasteiger partial charge on any atom is 0.147 e. The van der Waals surface area contributed by atoms with Gasteiger partial charge in [-0.15, -0.1) is 11.8 Å². The van der Waals surface area contributed by atoms with Gasteiger partial charge in [0.1, 0.15) is 5.82 Å². The van der Waals surface area contributed by atoms with Crippen molar-refractivity contribution >= 4 is 11.8 Å². The third-order valence-electron chi connectivity index (χ3n) is 0.889. The molecule has 0 saturated carbocycles. The smallest absolute Gasteiger partial charge is 0.147 e. The fraction of sp³-hybridized carbons (Fsp3) is 0.333.